The molecule has 1 aromatic heterocycles. The SMILES string of the molecule is NCC1(c2ccnc3ccccc23)CCCCC1. The molecule has 2 aromatic rings. The Labute approximate surface area is 108 Å². The van der Waals surface area contributed by atoms with E-state index in [0.717, 1.165) is 12.1 Å². The summed E-state index contributed by atoms with van der Waals surface area (Å²) in [6.45, 7) is 0.751. The van der Waals surface area contributed by atoms with Gasteiger partial charge in [-0.3, -0.25) is 4.98 Å². The van der Waals surface area contributed by atoms with Crippen LogP contribution in [0.3, 0.4) is 0 Å². The molecule has 0 bridgehead atoms. The van der Waals surface area contributed by atoms with Crippen LogP contribution in [0, 0.1) is 0 Å². The fourth-order valence-corrected chi connectivity index (χ4v) is 3.37. The summed E-state index contributed by atoms with van der Waals surface area (Å²) in [6, 6.07) is 10.6. The molecular weight excluding hydrogens is 220 g/mol. The Kier molecular flexibility index (Phi) is 3.04. The highest BCUT2D eigenvalue weighted by atomic mass is 14.7. The first kappa shape index (κ1) is 11.7. The van der Waals surface area contributed by atoms with Crippen molar-refractivity contribution in [1.29, 1.82) is 0 Å². The average molecular weight is 240 g/mol. The van der Waals surface area contributed by atoms with Crippen LogP contribution in [0.25, 0.3) is 10.9 Å². The van der Waals surface area contributed by atoms with Crippen LogP contribution in [0.2, 0.25) is 0 Å². The molecule has 0 saturated heterocycles. The van der Waals surface area contributed by atoms with Crippen LogP contribution in [0.1, 0.15) is 37.7 Å². The summed E-state index contributed by atoms with van der Waals surface area (Å²) in [5.74, 6) is 0. The smallest absolute Gasteiger partial charge is 0.0704 e. The molecule has 0 spiro atoms. The minimum absolute atomic E-state index is 0.181. The Balaban J connectivity index is 2.17. The molecule has 1 heterocycles. The van der Waals surface area contributed by atoms with Crippen LogP contribution in [-0.2, 0) is 5.41 Å². The van der Waals surface area contributed by atoms with Gasteiger partial charge < -0.3 is 5.73 Å². The van der Waals surface area contributed by atoms with Gasteiger partial charge in [-0.25, -0.2) is 0 Å². The van der Waals surface area contributed by atoms with Crippen LogP contribution in [-0.4, -0.2) is 11.5 Å². The second-order valence-corrected chi connectivity index (χ2v) is 5.42. The number of hydrogen-bond donors (Lipinski definition) is 1. The third-order valence-electron chi connectivity index (χ3n) is 4.42. The summed E-state index contributed by atoms with van der Waals surface area (Å²) in [5, 5.41) is 1.28. The van der Waals surface area contributed by atoms with Crippen molar-refractivity contribution in [1.82, 2.24) is 4.98 Å². The molecule has 0 aliphatic heterocycles. The molecule has 1 saturated carbocycles. The van der Waals surface area contributed by atoms with Gasteiger partial charge >= 0.3 is 0 Å². The van der Waals surface area contributed by atoms with E-state index in [1.165, 1.54) is 43.1 Å². The number of para-hydroxylation sites is 1. The molecule has 1 aliphatic rings. The zero-order valence-corrected chi connectivity index (χ0v) is 10.7. The van der Waals surface area contributed by atoms with E-state index in [-0.39, 0.29) is 5.41 Å². The van der Waals surface area contributed by atoms with Crippen molar-refractivity contribution >= 4 is 10.9 Å². The number of nitrogens with two attached hydrogens (primary N) is 1. The minimum Gasteiger partial charge on any atom is -0.330 e. The predicted octanol–water partition coefficient (Wildman–Crippen LogP) is 3.40. The standard InChI is InChI=1S/C16H20N2/c17-12-16(9-4-1-5-10-16)14-8-11-18-15-7-3-2-6-13(14)15/h2-3,6-8,11H,1,4-5,9-10,12,17H2. The van der Waals surface area contributed by atoms with Gasteiger partial charge in [-0.1, -0.05) is 37.5 Å². The van der Waals surface area contributed by atoms with E-state index >= 15 is 0 Å². The van der Waals surface area contributed by atoms with E-state index in [0.29, 0.717) is 0 Å². The van der Waals surface area contributed by atoms with Crippen LogP contribution < -0.4 is 5.73 Å². The Morgan fingerprint density at radius 1 is 1.06 bits per heavy atom. The molecule has 2 nitrogen and oxygen atoms in total. The lowest BCUT2D eigenvalue weighted by atomic mass is 9.68. The van der Waals surface area contributed by atoms with Crippen LogP contribution >= 0.6 is 0 Å². The molecule has 1 aliphatic carbocycles. The quantitative estimate of drug-likeness (QED) is 0.873. The molecule has 0 atom stereocenters. The Morgan fingerprint density at radius 2 is 1.83 bits per heavy atom. The maximum atomic E-state index is 6.14. The second kappa shape index (κ2) is 4.69. The normalized spacial score (nSPS) is 18.9. The lowest BCUT2D eigenvalue weighted by molar-refractivity contribution is 0.303. The fourth-order valence-electron chi connectivity index (χ4n) is 3.37. The Hall–Kier alpha value is -1.41. The molecule has 2 heteroatoms. The van der Waals surface area contributed by atoms with E-state index in [9.17, 15) is 0 Å². The molecule has 0 radical (unpaired) electrons. The highest BCUT2D eigenvalue weighted by Gasteiger charge is 2.33. The summed E-state index contributed by atoms with van der Waals surface area (Å²) in [7, 11) is 0. The van der Waals surface area contributed by atoms with Crippen molar-refractivity contribution < 1.29 is 0 Å². The molecule has 18 heavy (non-hydrogen) atoms. The molecule has 0 unspecified atom stereocenters. The largest absolute Gasteiger partial charge is 0.330 e. The first-order chi connectivity index (χ1) is 8.86. The zero-order valence-electron chi connectivity index (χ0n) is 10.7. The second-order valence-electron chi connectivity index (χ2n) is 5.42. The van der Waals surface area contributed by atoms with Crippen LogP contribution in [0.4, 0.5) is 0 Å². The number of fused-ring (bicyclic) bond motifs is 1. The molecule has 94 valence electrons. The van der Waals surface area contributed by atoms with Gasteiger partial charge in [0, 0.05) is 23.5 Å². The van der Waals surface area contributed by atoms with Gasteiger partial charge in [0.25, 0.3) is 0 Å². The van der Waals surface area contributed by atoms with Crippen LogP contribution in [0.15, 0.2) is 36.5 Å². The molecule has 1 fully saturated rings. The summed E-state index contributed by atoms with van der Waals surface area (Å²) >= 11 is 0. The van der Waals surface area contributed by atoms with Crippen LogP contribution in [0.5, 0.6) is 0 Å². The first-order valence-corrected chi connectivity index (χ1v) is 6.90. The number of nitrogens with zero attached hydrogens (tertiary/aromatic N) is 1. The van der Waals surface area contributed by atoms with Crippen molar-refractivity contribution in [2.75, 3.05) is 6.54 Å². The molecule has 3 rings (SSSR count). The predicted molar refractivity (Wildman–Crippen MR) is 75.6 cm³/mol. The highest BCUT2D eigenvalue weighted by molar-refractivity contribution is 5.83. The topological polar surface area (TPSA) is 38.9 Å². The van der Waals surface area contributed by atoms with Crippen molar-refractivity contribution in [2.24, 2.45) is 5.73 Å². The summed E-state index contributed by atoms with van der Waals surface area (Å²) in [5.41, 5.74) is 8.83. The third-order valence-corrected chi connectivity index (χ3v) is 4.42. The first-order valence-electron chi connectivity index (χ1n) is 6.90. The van der Waals surface area contributed by atoms with Gasteiger partial charge in [0.05, 0.1) is 5.52 Å². The molecule has 0 amide bonds. The van der Waals surface area contributed by atoms with Gasteiger partial charge in [-0.15, -0.1) is 0 Å². The van der Waals surface area contributed by atoms with Gasteiger partial charge in [0.1, 0.15) is 0 Å². The van der Waals surface area contributed by atoms with Gasteiger partial charge in [0.2, 0.25) is 0 Å². The van der Waals surface area contributed by atoms with E-state index in [1.807, 2.05) is 6.20 Å². The maximum absolute atomic E-state index is 6.14. The van der Waals surface area contributed by atoms with E-state index < -0.39 is 0 Å². The highest BCUT2D eigenvalue weighted by Crippen LogP contribution is 2.41. The van der Waals surface area contributed by atoms with E-state index in [4.69, 9.17) is 5.73 Å². The van der Waals surface area contributed by atoms with Crippen molar-refractivity contribution in [3.05, 3.63) is 42.1 Å². The third kappa shape index (κ3) is 1.81. The van der Waals surface area contributed by atoms with E-state index in [1.54, 1.807) is 0 Å². The van der Waals surface area contributed by atoms with Gasteiger partial charge in [-0.05, 0) is 30.5 Å². The number of pyridine rings is 1. The fraction of sp³-hybridized carbons (Fsp3) is 0.438. The summed E-state index contributed by atoms with van der Waals surface area (Å²) in [4.78, 5) is 4.46. The monoisotopic (exact) mass is 240 g/mol. The lowest BCUT2D eigenvalue weighted by Gasteiger charge is -2.37. The molecular formula is C16H20N2. The zero-order chi connectivity index (χ0) is 12.4. The molecule has 2 N–H and O–H groups in total. The van der Waals surface area contributed by atoms with Crippen molar-refractivity contribution in [3.63, 3.8) is 0 Å². The number of hydrogen-bond acceptors (Lipinski definition) is 2. The summed E-state index contributed by atoms with van der Waals surface area (Å²) in [6.07, 6.45) is 8.32. The Morgan fingerprint density at radius 3 is 2.61 bits per heavy atom. The lowest BCUT2D eigenvalue weighted by Crippen LogP contribution is -2.37. The average Bonchev–Trinajstić information content (AvgIpc) is 2.47. The number of rotatable bonds is 2. The van der Waals surface area contributed by atoms with E-state index in [2.05, 4.69) is 35.3 Å². The number of benzene rings is 1. The molecule has 1 aromatic carbocycles. The van der Waals surface area contributed by atoms with Crippen molar-refractivity contribution in [2.45, 2.75) is 37.5 Å². The summed E-state index contributed by atoms with van der Waals surface area (Å²) < 4.78 is 0. The van der Waals surface area contributed by atoms with Crippen molar-refractivity contribution in [3.8, 4) is 0 Å². The number of aromatic nitrogens is 1. The van der Waals surface area contributed by atoms with Gasteiger partial charge in [0.15, 0.2) is 0 Å². The minimum atomic E-state index is 0.181. The maximum Gasteiger partial charge on any atom is 0.0704 e. The van der Waals surface area contributed by atoms with Gasteiger partial charge in [-0.2, -0.15) is 0 Å². The Bertz CT molecular complexity index is 536.